The number of methoxy groups -OCH3 is 1. The molecule has 3 aromatic rings. The summed E-state index contributed by atoms with van der Waals surface area (Å²) in [6.45, 7) is 0.720. The van der Waals surface area contributed by atoms with E-state index in [0.29, 0.717) is 18.7 Å². The van der Waals surface area contributed by atoms with E-state index in [1.165, 1.54) is 7.11 Å². The number of rotatable bonds is 5. The number of hydrogen-bond donors (Lipinski definition) is 1. The first-order chi connectivity index (χ1) is 15.6. The summed E-state index contributed by atoms with van der Waals surface area (Å²) in [5.41, 5.74) is 3.16. The number of fused-ring (bicyclic) bond motifs is 3. The fraction of sp³-hybridized carbons (Fsp3) is 0.320. The Kier molecular flexibility index (Phi) is 5.36. The van der Waals surface area contributed by atoms with Gasteiger partial charge in [0.1, 0.15) is 6.04 Å². The third-order valence-corrected chi connectivity index (χ3v) is 6.79. The van der Waals surface area contributed by atoms with Gasteiger partial charge in [-0.1, -0.05) is 36.4 Å². The lowest BCUT2D eigenvalue weighted by molar-refractivity contribution is -0.148. The lowest BCUT2D eigenvalue weighted by Crippen LogP contribution is -2.43. The molecule has 1 saturated heterocycles. The zero-order valence-electron chi connectivity index (χ0n) is 17.8. The largest absolute Gasteiger partial charge is 0.468 e. The highest BCUT2D eigenvalue weighted by Crippen LogP contribution is 2.50. The van der Waals surface area contributed by atoms with Crippen LogP contribution in [0, 0.1) is 11.8 Å². The molecule has 2 aromatic heterocycles. The molecule has 1 N–H and O–H groups in total. The lowest BCUT2D eigenvalue weighted by atomic mass is 9.88. The number of carbonyl (C=O) groups is 1. The van der Waals surface area contributed by atoms with Crippen LogP contribution in [0.2, 0.25) is 0 Å². The molecule has 0 amide bonds. The van der Waals surface area contributed by atoms with Crippen molar-refractivity contribution in [1.29, 1.82) is 0 Å². The maximum Gasteiger partial charge on any atom is 0.323 e. The molecule has 7 heteroatoms. The standard InChI is InChI=1S/C25H25N3O4/c1-32-25(31)23-20(15-29)19-14-27-21(22(19)28(23)13-17-9-5-6-12-26-17)11-10-18(24(27)30)16-7-3-2-4-8-16/h2-12,19-20,22-23,29H,13-15H2,1H3/t19-,20-,22+,23-/m0/s1. The fourth-order valence-electron chi connectivity index (χ4n) is 5.39. The molecule has 32 heavy (non-hydrogen) atoms. The number of aliphatic hydroxyl groups excluding tert-OH is 1. The molecule has 5 rings (SSSR count). The molecule has 0 bridgehead atoms. The molecule has 1 aromatic carbocycles. The van der Waals surface area contributed by atoms with E-state index < -0.39 is 6.04 Å². The maximum atomic E-state index is 13.4. The van der Waals surface area contributed by atoms with E-state index in [4.69, 9.17) is 4.74 Å². The molecule has 4 atom stereocenters. The van der Waals surface area contributed by atoms with Gasteiger partial charge in [-0.3, -0.25) is 19.5 Å². The van der Waals surface area contributed by atoms with E-state index >= 15 is 0 Å². The van der Waals surface area contributed by atoms with Crippen molar-refractivity contribution >= 4 is 5.97 Å². The van der Waals surface area contributed by atoms with Crippen molar-refractivity contribution < 1.29 is 14.6 Å². The second-order valence-electron chi connectivity index (χ2n) is 8.37. The Morgan fingerprint density at radius 2 is 1.91 bits per heavy atom. The molecule has 0 saturated carbocycles. The van der Waals surface area contributed by atoms with Crippen LogP contribution in [0.1, 0.15) is 17.4 Å². The first-order valence-electron chi connectivity index (χ1n) is 10.8. The predicted octanol–water partition coefficient (Wildman–Crippen LogP) is 2.25. The number of ether oxygens (including phenoxy) is 1. The van der Waals surface area contributed by atoms with Crippen LogP contribution in [0.25, 0.3) is 11.1 Å². The van der Waals surface area contributed by atoms with Gasteiger partial charge in [-0.25, -0.2) is 0 Å². The molecular formula is C25H25N3O4. The molecule has 0 unspecified atom stereocenters. The summed E-state index contributed by atoms with van der Waals surface area (Å²) < 4.78 is 6.91. The third kappa shape index (κ3) is 3.25. The van der Waals surface area contributed by atoms with Crippen LogP contribution in [0.5, 0.6) is 0 Å². The number of benzene rings is 1. The van der Waals surface area contributed by atoms with Gasteiger partial charge < -0.3 is 14.4 Å². The van der Waals surface area contributed by atoms with Gasteiger partial charge in [0.15, 0.2) is 0 Å². The van der Waals surface area contributed by atoms with E-state index in [-0.39, 0.29) is 36.0 Å². The van der Waals surface area contributed by atoms with Crippen molar-refractivity contribution in [2.75, 3.05) is 13.7 Å². The van der Waals surface area contributed by atoms with E-state index in [2.05, 4.69) is 4.98 Å². The molecular weight excluding hydrogens is 406 g/mol. The molecule has 0 aliphatic carbocycles. The van der Waals surface area contributed by atoms with Crippen molar-refractivity contribution in [2.45, 2.75) is 25.2 Å². The van der Waals surface area contributed by atoms with Crippen LogP contribution >= 0.6 is 0 Å². The topological polar surface area (TPSA) is 84.7 Å². The number of likely N-dealkylation sites (tertiary alicyclic amines) is 1. The van der Waals surface area contributed by atoms with Gasteiger partial charge in [-0.05, 0) is 29.8 Å². The second kappa shape index (κ2) is 8.33. The Balaban J connectivity index is 1.60. The molecule has 164 valence electrons. The minimum atomic E-state index is -0.598. The quantitative estimate of drug-likeness (QED) is 0.624. The van der Waals surface area contributed by atoms with Crippen LogP contribution in [0.3, 0.4) is 0 Å². The average molecular weight is 431 g/mol. The van der Waals surface area contributed by atoms with Crippen molar-refractivity contribution in [1.82, 2.24) is 14.5 Å². The zero-order chi connectivity index (χ0) is 22.2. The molecule has 4 heterocycles. The number of carbonyl (C=O) groups excluding carboxylic acids is 1. The summed E-state index contributed by atoms with van der Waals surface area (Å²) in [6.07, 6.45) is 1.72. The summed E-state index contributed by atoms with van der Waals surface area (Å²) in [5, 5.41) is 10.3. The summed E-state index contributed by atoms with van der Waals surface area (Å²) in [5.74, 6) is -0.786. The molecule has 2 aliphatic heterocycles. The average Bonchev–Trinajstić information content (AvgIpc) is 3.35. The van der Waals surface area contributed by atoms with Crippen LogP contribution in [-0.4, -0.2) is 45.3 Å². The summed E-state index contributed by atoms with van der Waals surface area (Å²) in [7, 11) is 1.37. The van der Waals surface area contributed by atoms with Gasteiger partial charge in [0.25, 0.3) is 5.56 Å². The number of aromatic nitrogens is 2. The SMILES string of the molecule is COC(=O)[C@@H]1[C@@H](CO)[C@@H]2Cn3c(ccc(-c4ccccc4)c3=O)[C@@H]2N1Cc1ccccn1. The number of esters is 1. The van der Waals surface area contributed by atoms with Gasteiger partial charge in [0.2, 0.25) is 0 Å². The Morgan fingerprint density at radius 3 is 2.59 bits per heavy atom. The Hall–Kier alpha value is -3.29. The number of hydrogen-bond acceptors (Lipinski definition) is 6. The number of aliphatic hydroxyl groups is 1. The van der Waals surface area contributed by atoms with Crippen molar-refractivity contribution in [2.24, 2.45) is 11.8 Å². The zero-order valence-corrected chi connectivity index (χ0v) is 17.8. The number of nitrogens with zero attached hydrogens (tertiary/aromatic N) is 3. The first kappa shape index (κ1) is 20.6. The maximum absolute atomic E-state index is 13.4. The van der Waals surface area contributed by atoms with Gasteiger partial charge in [0, 0.05) is 49.0 Å². The highest BCUT2D eigenvalue weighted by atomic mass is 16.5. The molecule has 7 nitrogen and oxygen atoms in total. The summed E-state index contributed by atoms with van der Waals surface area (Å²) in [6, 6.07) is 18.3. The fourth-order valence-corrected chi connectivity index (χ4v) is 5.39. The Bertz CT molecular complexity index is 1180. The van der Waals surface area contributed by atoms with E-state index in [1.807, 2.05) is 65.6 Å². The summed E-state index contributed by atoms with van der Waals surface area (Å²) in [4.78, 5) is 32.6. The molecule has 2 aliphatic rings. The van der Waals surface area contributed by atoms with Crippen LogP contribution in [0.15, 0.2) is 71.7 Å². The number of pyridine rings is 2. The second-order valence-corrected chi connectivity index (χ2v) is 8.37. The van der Waals surface area contributed by atoms with Gasteiger partial charge in [0.05, 0.1) is 18.8 Å². The Morgan fingerprint density at radius 1 is 1.12 bits per heavy atom. The Labute approximate surface area is 185 Å². The minimum absolute atomic E-state index is 0.0489. The first-order valence-corrected chi connectivity index (χ1v) is 10.8. The minimum Gasteiger partial charge on any atom is -0.468 e. The van der Waals surface area contributed by atoms with E-state index in [0.717, 1.165) is 17.0 Å². The van der Waals surface area contributed by atoms with Crippen LogP contribution < -0.4 is 5.56 Å². The third-order valence-electron chi connectivity index (χ3n) is 6.79. The predicted molar refractivity (Wildman–Crippen MR) is 119 cm³/mol. The molecule has 0 spiro atoms. The lowest BCUT2D eigenvalue weighted by Gasteiger charge is -2.29. The van der Waals surface area contributed by atoms with Gasteiger partial charge >= 0.3 is 5.97 Å². The molecule has 0 radical (unpaired) electrons. The molecule has 1 fully saturated rings. The van der Waals surface area contributed by atoms with Gasteiger partial charge in [-0.2, -0.15) is 0 Å². The van der Waals surface area contributed by atoms with Gasteiger partial charge in [-0.15, -0.1) is 0 Å². The van der Waals surface area contributed by atoms with Crippen LogP contribution in [0.4, 0.5) is 0 Å². The van der Waals surface area contributed by atoms with E-state index in [9.17, 15) is 14.7 Å². The smallest absolute Gasteiger partial charge is 0.323 e. The van der Waals surface area contributed by atoms with Crippen LogP contribution in [-0.2, 0) is 22.6 Å². The normalized spacial score (nSPS) is 24.2. The monoisotopic (exact) mass is 431 g/mol. The van der Waals surface area contributed by atoms with Crippen molar-refractivity contribution in [3.8, 4) is 11.1 Å². The summed E-state index contributed by atoms with van der Waals surface area (Å²) >= 11 is 0. The van der Waals surface area contributed by atoms with Crippen molar-refractivity contribution in [3.05, 3.63) is 88.6 Å². The van der Waals surface area contributed by atoms with Crippen molar-refractivity contribution in [3.63, 3.8) is 0 Å². The highest BCUT2D eigenvalue weighted by molar-refractivity contribution is 5.77. The highest BCUT2D eigenvalue weighted by Gasteiger charge is 2.56. The van der Waals surface area contributed by atoms with E-state index in [1.54, 1.807) is 10.8 Å².